The molecular weight excluding hydrogens is 398 g/mol. The molecule has 3 rings (SSSR count). The molecule has 0 bridgehead atoms. The first-order valence-electron chi connectivity index (χ1n) is 9.10. The molecule has 10 heteroatoms. The number of anilines is 2. The number of methoxy groups -OCH3 is 1. The highest BCUT2D eigenvalue weighted by atomic mass is 32.2. The summed E-state index contributed by atoms with van der Waals surface area (Å²) in [7, 11) is 1.59. The number of ether oxygens (including phenoxy) is 1. The topological polar surface area (TPSA) is 96.5 Å². The number of nitrogens with one attached hydrogen (secondary N) is 2. The van der Waals surface area contributed by atoms with E-state index in [1.165, 1.54) is 35.9 Å². The van der Waals surface area contributed by atoms with Gasteiger partial charge < -0.3 is 15.0 Å². The van der Waals surface area contributed by atoms with Crippen molar-refractivity contribution in [1.82, 2.24) is 15.1 Å². The number of amides is 3. The highest BCUT2D eigenvalue weighted by Gasteiger charge is 2.17. The first-order valence-corrected chi connectivity index (χ1v) is 10.9. The second-order valence-electron chi connectivity index (χ2n) is 6.26. The van der Waals surface area contributed by atoms with Crippen molar-refractivity contribution < 1.29 is 14.3 Å². The first kappa shape index (κ1) is 20.4. The summed E-state index contributed by atoms with van der Waals surface area (Å²) in [6.45, 7) is 1.68. The summed E-state index contributed by atoms with van der Waals surface area (Å²) in [5.41, 5.74) is 0.639. The Hall–Kier alpha value is -2.33. The number of hydrogen-bond acceptors (Lipinski definition) is 7. The van der Waals surface area contributed by atoms with Crippen LogP contribution in [0.4, 0.5) is 15.6 Å². The molecule has 28 heavy (non-hydrogen) atoms. The van der Waals surface area contributed by atoms with Gasteiger partial charge in [0, 0.05) is 18.8 Å². The van der Waals surface area contributed by atoms with Gasteiger partial charge in [0.05, 0.1) is 12.9 Å². The summed E-state index contributed by atoms with van der Waals surface area (Å²) in [6, 6.07) is 6.61. The molecule has 0 unspecified atom stereocenters. The van der Waals surface area contributed by atoms with Crippen LogP contribution < -0.4 is 15.4 Å². The Bertz CT molecular complexity index is 789. The van der Waals surface area contributed by atoms with E-state index in [0.29, 0.717) is 26.7 Å². The molecule has 0 saturated carbocycles. The summed E-state index contributed by atoms with van der Waals surface area (Å²) in [6.07, 6.45) is 4.54. The minimum Gasteiger partial charge on any atom is -0.497 e. The molecular formula is C18H23N5O3S2. The molecule has 1 aliphatic heterocycles. The molecule has 0 spiro atoms. The fourth-order valence-electron chi connectivity index (χ4n) is 2.79. The smallest absolute Gasteiger partial charge is 0.325 e. The van der Waals surface area contributed by atoms with Gasteiger partial charge in [-0.25, -0.2) is 4.79 Å². The number of benzene rings is 1. The average molecular weight is 422 g/mol. The number of aromatic nitrogens is 2. The van der Waals surface area contributed by atoms with Crippen molar-refractivity contribution in [2.24, 2.45) is 0 Å². The second-order valence-corrected chi connectivity index (χ2v) is 8.46. The van der Waals surface area contributed by atoms with E-state index < -0.39 is 6.03 Å². The van der Waals surface area contributed by atoms with Gasteiger partial charge in [0.25, 0.3) is 0 Å². The van der Waals surface area contributed by atoms with Crippen molar-refractivity contribution in [1.29, 1.82) is 0 Å². The van der Waals surface area contributed by atoms with E-state index in [1.807, 2.05) is 4.90 Å². The number of thioether (sulfide) groups is 1. The van der Waals surface area contributed by atoms with Gasteiger partial charge in [0.1, 0.15) is 5.75 Å². The van der Waals surface area contributed by atoms with Crippen molar-refractivity contribution in [2.75, 3.05) is 36.6 Å². The second kappa shape index (κ2) is 10.3. The molecule has 0 radical (unpaired) electrons. The number of nitrogens with zero attached hydrogens (tertiary/aromatic N) is 3. The highest BCUT2D eigenvalue weighted by Crippen LogP contribution is 2.26. The molecule has 3 amide bonds. The van der Waals surface area contributed by atoms with Gasteiger partial charge in [-0.15, -0.1) is 10.2 Å². The Balaban J connectivity index is 1.45. The summed E-state index contributed by atoms with van der Waals surface area (Å²) >= 11 is 2.60. The predicted molar refractivity (Wildman–Crippen MR) is 111 cm³/mol. The van der Waals surface area contributed by atoms with E-state index in [0.717, 1.165) is 25.9 Å². The fraction of sp³-hybridized carbons (Fsp3) is 0.444. The molecule has 0 atom stereocenters. The lowest BCUT2D eigenvalue weighted by molar-refractivity contribution is -0.128. The third-order valence-electron chi connectivity index (χ3n) is 4.25. The Kier molecular flexibility index (Phi) is 7.49. The van der Waals surface area contributed by atoms with Gasteiger partial charge in [-0.2, -0.15) is 0 Å². The zero-order valence-corrected chi connectivity index (χ0v) is 17.3. The van der Waals surface area contributed by atoms with Crippen LogP contribution in [-0.4, -0.2) is 53.0 Å². The van der Waals surface area contributed by atoms with E-state index in [4.69, 9.17) is 4.74 Å². The Morgan fingerprint density at radius 2 is 1.82 bits per heavy atom. The van der Waals surface area contributed by atoms with Gasteiger partial charge >= 0.3 is 6.03 Å². The standard InChI is InChI=1S/C18H23N5O3S2/c1-26-14-8-6-13(7-9-14)19-16(25)20-17-21-22-18(28-17)27-12-15(24)23-10-4-2-3-5-11-23/h6-9H,2-5,10-12H2,1H3,(H2,19,20,21,25). The Morgan fingerprint density at radius 1 is 1.11 bits per heavy atom. The van der Waals surface area contributed by atoms with Crippen LogP contribution in [0.5, 0.6) is 5.75 Å². The highest BCUT2D eigenvalue weighted by molar-refractivity contribution is 8.01. The molecule has 8 nitrogen and oxygen atoms in total. The van der Waals surface area contributed by atoms with Gasteiger partial charge in [-0.05, 0) is 37.1 Å². The van der Waals surface area contributed by atoms with Crippen LogP contribution in [0.2, 0.25) is 0 Å². The van der Waals surface area contributed by atoms with E-state index in [9.17, 15) is 9.59 Å². The third-order valence-corrected chi connectivity index (χ3v) is 6.21. The third kappa shape index (κ3) is 6.10. The van der Waals surface area contributed by atoms with Crippen LogP contribution >= 0.6 is 23.1 Å². The number of likely N-dealkylation sites (tertiary alicyclic amines) is 1. The minimum atomic E-state index is -0.404. The SMILES string of the molecule is COc1ccc(NC(=O)Nc2nnc(SCC(=O)N3CCCCCC3)s2)cc1. The van der Waals surface area contributed by atoms with Gasteiger partial charge in [0.15, 0.2) is 4.34 Å². The lowest BCUT2D eigenvalue weighted by Gasteiger charge is -2.19. The molecule has 1 fully saturated rings. The summed E-state index contributed by atoms with van der Waals surface area (Å²) in [5.74, 6) is 1.19. The maximum absolute atomic E-state index is 12.3. The van der Waals surface area contributed by atoms with Crippen LogP contribution in [0, 0.1) is 0 Å². The Morgan fingerprint density at radius 3 is 2.50 bits per heavy atom. The molecule has 1 aliphatic rings. The van der Waals surface area contributed by atoms with Crippen molar-refractivity contribution in [3.05, 3.63) is 24.3 Å². The van der Waals surface area contributed by atoms with Crippen LogP contribution in [0.25, 0.3) is 0 Å². The number of urea groups is 1. The maximum atomic E-state index is 12.3. The van der Waals surface area contributed by atoms with E-state index in [-0.39, 0.29) is 5.91 Å². The van der Waals surface area contributed by atoms with Gasteiger partial charge in [0.2, 0.25) is 11.0 Å². The molecule has 1 aromatic heterocycles. The number of hydrogen-bond donors (Lipinski definition) is 2. The zero-order valence-electron chi connectivity index (χ0n) is 15.6. The first-order chi connectivity index (χ1) is 13.6. The van der Waals surface area contributed by atoms with Crippen molar-refractivity contribution >= 4 is 45.9 Å². The largest absolute Gasteiger partial charge is 0.497 e. The lowest BCUT2D eigenvalue weighted by atomic mass is 10.2. The Labute approximate surface area is 172 Å². The molecule has 1 aromatic carbocycles. The van der Waals surface area contributed by atoms with Crippen molar-refractivity contribution in [3.63, 3.8) is 0 Å². The van der Waals surface area contributed by atoms with Crippen LogP contribution in [0.15, 0.2) is 28.6 Å². The zero-order chi connectivity index (χ0) is 19.8. The molecule has 150 valence electrons. The predicted octanol–water partition coefficient (Wildman–Crippen LogP) is 3.69. The van der Waals surface area contributed by atoms with Crippen molar-refractivity contribution in [2.45, 2.75) is 30.0 Å². The number of carbonyl (C=O) groups excluding carboxylic acids is 2. The minimum absolute atomic E-state index is 0.133. The van der Waals surface area contributed by atoms with E-state index in [1.54, 1.807) is 31.4 Å². The molecule has 2 N–H and O–H groups in total. The lowest BCUT2D eigenvalue weighted by Crippen LogP contribution is -2.33. The van der Waals surface area contributed by atoms with Crippen LogP contribution in [-0.2, 0) is 4.79 Å². The van der Waals surface area contributed by atoms with E-state index in [2.05, 4.69) is 20.8 Å². The van der Waals surface area contributed by atoms with Crippen LogP contribution in [0.1, 0.15) is 25.7 Å². The molecule has 2 heterocycles. The van der Waals surface area contributed by atoms with Crippen molar-refractivity contribution in [3.8, 4) is 5.75 Å². The molecule has 2 aromatic rings. The fourth-order valence-corrected chi connectivity index (χ4v) is 4.44. The van der Waals surface area contributed by atoms with Gasteiger partial charge in [-0.1, -0.05) is 35.9 Å². The number of carbonyl (C=O) groups is 2. The molecule has 1 saturated heterocycles. The van der Waals surface area contributed by atoms with Crippen LogP contribution in [0.3, 0.4) is 0 Å². The monoisotopic (exact) mass is 421 g/mol. The molecule has 0 aliphatic carbocycles. The quantitative estimate of drug-likeness (QED) is 0.545. The normalized spacial score (nSPS) is 14.2. The maximum Gasteiger partial charge on any atom is 0.325 e. The van der Waals surface area contributed by atoms with E-state index >= 15 is 0 Å². The summed E-state index contributed by atoms with van der Waals surface area (Å²) in [4.78, 5) is 26.3. The number of rotatable bonds is 6. The summed E-state index contributed by atoms with van der Waals surface area (Å²) in [5, 5.41) is 13.8. The average Bonchev–Trinajstić information content (AvgIpc) is 2.97. The summed E-state index contributed by atoms with van der Waals surface area (Å²) < 4.78 is 5.74. The van der Waals surface area contributed by atoms with Gasteiger partial charge in [-0.3, -0.25) is 10.1 Å².